The van der Waals surface area contributed by atoms with Gasteiger partial charge in [0.15, 0.2) is 0 Å². The van der Waals surface area contributed by atoms with E-state index in [1.165, 1.54) is 108 Å². The van der Waals surface area contributed by atoms with E-state index >= 15 is 0 Å². The third kappa shape index (κ3) is 2.54. The fourth-order valence-corrected chi connectivity index (χ4v) is 8.76. The van der Waals surface area contributed by atoms with Crippen molar-refractivity contribution in [3.05, 3.63) is 140 Å². The highest BCUT2D eigenvalue weighted by Crippen LogP contribution is 2.55. The molecule has 11 rings (SSSR count). The topological polar surface area (TPSA) is 0 Å². The Morgan fingerprint density at radius 2 is 0.705 bits per heavy atom. The molecule has 0 aromatic heterocycles. The van der Waals surface area contributed by atoms with Crippen molar-refractivity contribution in [2.45, 2.75) is 0 Å². The Labute approximate surface area is 253 Å². The van der Waals surface area contributed by atoms with Crippen molar-refractivity contribution in [1.82, 2.24) is 0 Å². The zero-order valence-electron chi connectivity index (χ0n) is 23.9. The molecule has 0 aliphatic carbocycles. The molecular formula is C44H24. The summed E-state index contributed by atoms with van der Waals surface area (Å²) in [7, 11) is 0. The SMILES string of the molecule is C=Cc1ccc(-c2ccc3c4c2cccc4c2c4c5cccc6cccc(c65)c4c4c5cccc6cccc(c65)c4c32)cc1. The lowest BCUT2D eigenvalue weighted by Gasteiger charge is -2.08. The van der Waals surface area contributed by atoms with Crippen LogP contribution in [0.25, 0.3) is 114 Å². The first-order valence-corrected chi connectivity index (χ1v) is 15.4. The smallest absolute Gasteiger partial charge is 0.000695 e. The van der Waals surface area contributed by atoms with E-state index < -0.39 is 0 Å². The summed E-state index contributed by atoms with van der Waals surface area (Å²) in [4.78, 5) is 0. The van der Waals surface area contributed by atoms with E-state index in [0.29, 0.717) is 0 Å². The van der Waals surface area contributed by atoms with Crippen LogP contribution in [-0.4, -0.2) is 0 Å². The third-order valence-corrected chi connectivity index (χ3v) is 10.4. The maximum Gasteiger partial charge on any atom is -0.000695 e. The molecule has 0 bridgehead atoms. The standard InChI is InChI=1S/C44H24/c1-2-24-18-20-25(21-19-24)28-22-23-35-38-29(28)12-7-17-34(38)43-41-32-15-5-10-26-8-3-13-30(36(26)32)39(41)40-31-14-4-9-27-11-6-16-33(37(27)31)42(40)44(35)43/h2-23H,1H2. The molecule has 200 valence electrons. The van der Waals surface area contributed by atoms with Gasteiger partial charge in [0.25, 0.3) is 0 Å². The maximum atomic E-state index is 3.95. The molecule has 0 radical (unpaired) electrons. The summed E-state index contributed by atoms with van der Waals surface area (Å²) in [5.41, 5.74) is 3.65. The minimum absolute atomic E-state index is 1.14. The number of rotatable bonds is 2. The average Bonchev–Trinajstić information content (AvgIpc) is 3.71. The third-order valence-electron chi connectivity index (χ3n) is 10.4. The van der Waals surface area contributed by atoms with E-state index in [4.69, 9.17) is 0 Å². The summed E-state index contributed by atoms with van der Waals surface area (Å²) in [5, 5.41) is 24.6. The second kappa shape index (κ2) is 7.81. The highest BCUT2D eigenvalue weighted by molar-refractivity contribution is 6.55. The molecule has 0 saturated heterocycles. The number of fused-ring (bicyclic) bond motifs is 12. The van der Waals surface area contributed by atoms with Crippen LogP contribution in [0.1, 0.15) is 5.56 Å². The molecule has 44 heavy (non-hydrogen) atoms. The molecule has 0 atom stereocenters. The van der Waals surface area contributed by atoms with Gasteiger partial charge < -0.3 is 0 Å². The van der Waals surface area contributed by atoms with Crippen LogP contribution in [0.15, 0.2) is 134 Å². The van der Waals surface area contributed by atoms with Gasteiger partial charge in [-0.1, -0.05) is 140 Å². The molecule has 11 aromatic carbocycles. The Kier molecular flexibility index (Phi) is 4.05. The van der Waals surface area contributed by atoms with Crippen molar-refractivity contribution in [2.75, 3.05) is 0 Å². The van der Waals surface area contributed by atoms with Gasteiger partial charge in [0.05, 0.1) is 0 Å². The first-order chi connectivity index (χ1) is 21.8. The van der Waals surface area contributed by atoms with Gasteiger partial charge in [0.2, 0.25) is 0 Å². The minimum Gasteiger partial charge on any atom is -0.0985 e. The van der Waals surface area contributed by atoms with E-state index in [-0.39, 0.29) is 0 Å². The first kappa shape index (κ1) is 22.8. The Hall–Kier alpha value is -5.72. The zero-order valence-corrected chi connectivity index (χ0v) is 23.9. The van der Waals surface area contributed by atoms with E-state index in [1.807, 2.05) is 6.08 Å². The molecule has 0 nitrogen and oxygen atoms in total. The van der Waals surface area contributed by atoms with Gasteiger partial charge in [-0.15, -0.1) is 0 Å². The van der Waals surface area contributed by atoms with Gasteiger partial charge in [0.1, 0.15) is 0 Å². The van der Waals surface area contributed by atoms with Crippen molar-refractivity contribution in [3.8, 4) is 11.1 Å². The molecular weight excluding hydrogens is 528 g/mol. The Morgan fingerprint density at radius 3 is 1.16 bits per heavy atom. The van der Waals surface area contributed by atoms with Gasteiger partial charge in [-0.25, -0.2) is 0 Å². The molecule has 0 N–H and O–H groups in total. The monoisotopic (exact) mass is 552 g/mol. The van der Waals surface area contributed by atoms with Gasteiger partial charge in [0, 0.05) is 0 Å². The largest absolute Gasteiger partial charge is 0.0985 e. The Morgan fingerprint density at radius 1 is 0.318 bits per heavy atom. The van der Waals surface area contributed by atoms with Crippen LogP contribution >= 0.6 is 0 Å². The fourth-order valence-electron chi connectivity index (χ4n) is 8.76. The van der Waals surface area contributed by atoms with Crippen molar-refractivity contribution >= 4 is 103 Å². The fraction of sp³-hybridized carbons (Fsp3) is 0. The van der Waals surface area contributed by atoms with E-state index in [9.17, 15) is 0 Å². The summed E-state index contributed by atoms with van der Waals surface area (Å²) in [6.45, 7) is 3.95. The predicted molar refractivity (Wildman–Crippen MR) is 193 cm³/mol. The van der Waals surface area contributed by atoms with Crippen LogP contribution in [0.2, 0.25) is 0 Å². The van der Waals surface area contributed by atoms with Gasteiger partial charge >= 0.3 is 0 Å². The first-order valence-electron chi connectivity index (χ1n) is 15.4. The van der Waals surface area contributed by atoms with Gasteiger partial charge in [-0.3, -0.25) is 0 Å². The van der Waals surface area contributed by atoms with Crippen LogP contribution < -0.4 is 0 Å². The second-order valence-electron chi connectivity index (χ2n) is 12.4. The quantitative estimate of drug-likeness (QED) is 0.200. The zero-order chi connectivity index (χ0) is 28.7. The summed E-state index contributed by atoms with van der Waals surface area (Å²) in [6, 6.07) is 47.9. The molecule has 0 saturated carbocycles. The van der Waals surface area contributed by atoms with Crippen LogP contribution in [0, 0.1) is 0 Å². The minimum atomic E-state index is 1.14. The van der Waals surface area contributed by atoms with E-state index in [1.54, 1.807) is 0 Å². The maximum absolute atomic E-state index is 3.95. The lowest BCUT2D eigenvalue weighted by molar-refractivity contribution is 1.64. The summed E-state index contributed by atoms with van der Waals surface area (Å²) >= 11 is 0. The van der Waals surface area contributed by atoms with Crippen molar-refractivity contribution in [3.63, 3.8) is 0 Å². The Balaban J connectivity index is 1.48. The highest BCUT2D eigenvalue weighted by atomic mass is 14.3. The molecule has 0 spiro atoms. The average molecular weight is 553 g/mol. The van der Waals surface area contributed by atoms with Crippen molar-refractivity contribution < 1.29 is 0 Å². The van der Waals surface area contributed by atoms with Gasteiger partial charge in [-0.2, -0.15) is 0 Å². The number of hydrogen-bond donors (Lipinski definition) is 0. The lowest BCUT2D eigenvalue weighted by Crippen LogP contribution is -1.82. The molecule has 0 unspecified atom stereocenters. The molecule has 0 aliphatic rings. The van der Waals surface area contributed by atoms with Crippen molar-refractivity contribution in [1.29, 1.82) is 0 Å². The predicted octanol–water partition coefficient (Wildman–Crippen LogP) is 12.7. The van der Waals surface area contributed by atoms with Crippen LogP contribution in [0.5, 0.6) is 0 Å². The summed E-state index contributed by atoms with van der Waals surface area (Å²) < 4.78 is 0. The van der Waals surface area contributed by atoms with E-state index in [2.05, 4.69) is 134 Å². The van der Waals surface area contributed by atoms with Crippen LogP contribution in [0.4, 0.5) is 0 Å². The second-order valence-corrected chi connectivity index (χ2v) is 12.4. The van der Waals surface area contributed by atoms with Crippen LogP contribution in [0.3, 0.4) is 0 Å². The summed E-state index contributed by atoms with van der Waals surface area (Å²) in [5.74, 6) is 0. The lowest BCUT2D eigenvalue weighted by atomic mass is 9.95. The molecule has 0 aliphatic heterocycles. The number of benzene rings is 8. The van der Waals surface area contributed by atoms with Crippen LogP contribution in [-0.2, 0) is 0 Å². The van der Waals surface area contributed by atoms with E-state index in [0.717, 1.165) is 5.56 Å². The van der Waals surface area contributed by atoms with Crippen molar-refractivity contribution in [2.24, 2.45) is 0 Å². The molecule has 0 fully saturated rings. The number of hydrogen-bond acceptors (Lipinski definition) is 0. The molecule has 11 aromatic rings. The normalized spacial score (nSPS) is 12.6. The summed E-state index contributed by atoms with van der Waals surface area (Å²) in [6.07, 6.45) is 1.91. The van der Waals surface area contributed by atoms with Gasteiger partial charge in [-0.05, 0) is 114 Å². The molecule has 0 amide bonds. The Bertz CT molecular complexity index is 2820. The highest BCUT2D eigenvalue weighted by Gasteiger charge is 2.26. The molecule has 0 heteroatoms. The molecule has 0 heterocycles.